The first-order valence-corrected chi connectivity index (χ1v) is 6.15. The molecule has 0 radical (unpaired) electrons. The predicted octanol–water partition coefficient (Wildman–Crippen LogP) is 2.17. The van der Waals surface area contributed by atoms with Crippen molar-refractivity contribution in [2.45, 2.75) is 38.4 Å². The van der Waals surface area contributed by atoms with Crippen LogP contribution in [-0.4, -0.2) is 29.6 Å². The van der Waals surface area contributed by atoms with Gasteiger partial charge in [0.25, 0.3) is 0 Å². The molecule has 0 amide bonds. The van der Waals surface area contributed by atoms with Crippen LogP contribution in [-0.2, 0) is 0 Å². The summed E-state index contributed by atoms with van der Waals surface area (Å²) in [5.41, 5.74) is 1.15. The Morgan fingerprint density at radius 2 is 2.31 bits per heavy atom. The topological polar surface area (TPSA) is 28.2 Å². The maximum atomic E-state index is 4.43. The van der Waals surface area contributed by atoms with Crippen molar-refractivity contribution in [3.8, 4) is 0 Å². The van der Waals surface area contributed by atoms with E-state index in [9.17, 15) is 0 Å². The van der Waals surface area contributed by atoms with Gasteiger partial charge in [-0.2, -0.15) is 0 Å². The highest BCUT2D eigenvalue weighted by atomic mass is 15.3. The second-order valence-corrected chi connectivity index (χ2v) is 4.56. The normalized spacial score (nSPS) is 23.3. The van der Waals surface area contributed by atoms with Crippen molar-refractivity contribution in [2.24, 2.45) is 0 Å². The zero-order valence-corrected chi connectivity index (χ0v) is 10.2. The van der Waals surface area contributed by atoms with Gasteiger partial charge in [-0.1, -0.05) is 6.07 Å². The van der Waals surface area contributed by atoms with Crippen molar-refractivity contribution in [1.29, 1.82) is 0 Å². The van der Waals surface area contributed by atoms with Crippen LogP contribution in [0, 0.1) is 0 Å². The number of nitrogens with one attached hydrogen (secondary N) is 1. The van der Waals surface area contributed by atoms with Gasteiger partial charge in [-0.3, -0.25) is 9.88 Å². The van der Waals surface area contributed by atoms with Crippen molar-refractivity contribution in [3.05, 3.63) is 30.1 Å². The summed E-state index contributed by atoms with van der Waals surface area (Å²) in [6, 6.07) is 6.50. The maximum absolute atomic E-state index is 4.43. The Labute approximate surface area is 97.9 Å². The van der Waals surface area contributed by atoms with Gasteiger partial charge in [0.2, 0.25) is 0 Å². The first-order chi connectivity index (χ1) is 7.79. The molecule has 1 N–H and O–H groups in total. The third-order valence-corrected chi connectivity index (χ3v) is 3.50. The number of rotatable bonds is 3. The van der Waals surface area contributed by atoms with Crippen molar-refractivity contribution < 1.29 is 0 Å². The van der Waals surface area contributed by atoms with Gasteiger partial charge in [0.1, 0.15) is 0 Å². The van der Waals surface area contributed by atoms with Crippen molar-refractivity contribution >= 4 is 0 Å². The summed E-state index contributed by atoms with van der Waals surface area (Å²) in [5, 5.41) is 3.57. The maximum Gasteiger partial charge on any atom is 0.0600 e. The fourth-order valence-corrected chi connectivity index (χ4v) is 2.28. The molecular formula is C13H21N3. The molecule has 0 aliphatic carbocycles. The van der Waals surface area contributed by atoms with E-state index in [0.717, 1.165) is 12.2 Å². The molecule has 2 atom stereocenters. The van der Waals surface area contributed by atoms with E-state index in [-0.39, 0.29) is 0 Å². The van der Waals surface area contributed by atoms with E-state index in [2.05, 4.69) is 41.3 Å². The molecule has 0 bridgehead atoms. The molecule has 16 heavy (non-hydrogen) atoms. The zero-order chi connectivity index (χ0) is 11.4. The minimum Gasteiger partial charge on any atom is -0.302 e. The highest BCUT2D eigenvalue weighted by Crippen LogP contribution is 2.21. The van der Waals surface area contributed by atoms with E-state index < -0.39 is 0 Å². The SMILES string of the molecule is C[C@H](c1ccccn1)N(C)[C@@H]1CCCCN1. The van der Waals surface area contributed by atoms with Gasteiger partial charge in [-0.25, -0.2) is 0 Å². The zero-order valence-electron chi connectivity index (χ0n) is 10.2. The minimum absolute atomic E-state index is 0.372. The van der Waals surface area contributed by atoms with E-state index >= 15 is 0 Å². The van der Waals surface area contributed by atoms with Crippen LogP contribution in [0.3, 0.4) is 0 Å². The molecule has 3 heteroatoms. The molecule has 1 aromatic rings. The third kappa shape index (κ3) is 2.60. The summed E-state index contributed by atoms with van der Waals surface area (Å²) in [5.74, 6) is 0. The molecular weight excluding hydrogens is 198 g/mol. The lowest BCUT2D eigenvalue weighted by Crippen LogP contribution is -2.47. The molecule has 2 rings (SSSR count). The average molecular weight is 219 g/mol. The fraction of sp³-hybridized carbons (Fsp3) is 0.615. The van der Waals surface area contributed by atoms with Crippen molar-refractivity contribution in [1.82, 2.24) is 15.2 Å². The minimum atomic E-state index is 0.372. The first kappa shape index (κ1) is 11.6. The predicted molar refractivity (Wildman–Crippen MR) is 66.1 cm³/mol. The number of piperidine rings is 1. The third-order valence-electron chi connectivity index (χ3n) is 3.50. The summed E-state index contributed by atoms with van der Waals surface area (Å²) < 4.78 is 0. The lowest BCUT2D eigenvalue weighted by atomic mass is 10.1. The summed E-state index contributed by atoms with van der Waals surface area (Å²) in [6.07, 6.45) is 6.26. The first-order valence-electron chi connectivity index (χ1n) is 6.15. The quantitative estimate of drug-likeness (QED) is 0.844. The van der Waals surface area contributed by atoms with E-state index in [1.807, 2.05) is 12.3 Å². The smallest absolute Gasteiger partial charge is 0.0600 e. The highest BCUT2D eigenvalue weighted by molar-refractivity contribution is 5.08. The second kappa shape index (κ2) is 5.41. The van der Waals surface area contributed by atoms with E-state index in [4.69, 9.17) is 0 Å². The molecule has 3 nitrogen and oxygen atoms in total. The summed E-state index contributed by atoms with van der Waals surface area (Å²) in [4.78, 5) is 6.82. The summed E-state index contributed by atoms with van der Waals surface area (Å²) in [6.45, 7) is 3.36. The highest BCUT2D eigenvalue weighted by Gasteiger charge is 2.22. The molecule has 0 spiro atoms. The number of pyridine rings is 1. The molecule has 0 unspecified atom stereocenters. The van der Waals surface area contributed by atoms with Gasteiger partial charge in [0.05, 0.1) is 17.9 Å². The van der Waals surface area contributed by atoms with Gasteiger partial charge >= 0.3 is 0 Å². The Kier molecular flexibility index (Phi) is 3.91. The van der Waals surface area contributed by atoms with Crippen LogP contribution in [0.15, 0.2) is 24.4 Å². The van der Waals surface area contributed by atoms with E-state index in [0.29, 0.717) is 12.2 Å². The van der Waals surface area contributed by atoms with Gasteiger partial charge in [0.15, 0.2) is 0 Å². The van der Waals surface area contributed by atoms with Crippen LogP contribution < -0.4 is 5.32 Å². The Hall–Kier alpha value is -0.930. The van der Waals surface area contributed by atoms with Crippen molar-refractivity contribution in [3.63, 3.8) is 0 Å². The van der Waals surface area contributed by atoms with Crippen LogP contribution in [0.1, 0.15) is 37.9 Å². The number of hydrogen-bond acceptors (Lipinski definition) is 3. The lowest BCUT2D eigenvalue weighted by Gasteiger charge is -2.36. The molecule has 1 aliphatic heterocycles. The Morgan fingerprint density at radius 1 is 1.44 bits per heavy atom. The molecule has 2 heterocycles. The monoisotopic (exact) mass is 219 g/mol. The van der Waals surface area contributed by atoms with E-state index in [1.54, 1.807) is 0 Å². The Bertz CT molecular complexity index is 306. The van der Waals surface area contributed by atoms with Gasteiger partial charge < -0.3 is 5.32 Å². The van der Waals surface area contributed by atoms with Crippen molar-refractivity contribution in [2.75, 3.05) is 13.6 Å². The Morgan fingerprint density at radius 3 is 2.94 bits per heavy atom. The van der Waals surface area contributed by atoms with Crippen LogP contribution in [0.5, 0.6) is 0 Å². The molecule has 1 aliphatic rings. The fourth-order valence-electron chi connectivity index (χ4n) is 2.28. The molecule has 1 saturated heterocycles. The van der Waals surface area contributed by atoms with Crippen LogP contribution in [0.25, 0.3) is 0 Å². The van der Waals surface area contributed by atoms with Gasteiger partial charge in [-0.05, 0) is 51.9 Å². The number of hydrogen-bond donors (Lipinski definition) is 1. The second-order valence-electron chi connectivity index (χ2n) is 4.56. The largest absolute Gasteiger partial charge is 0.302 e. The molecule has 88 valence electrons. The van der Waals surface area contributed by atoms with Crippen LogP contribution >= 0.6 is 0 Å². The van der Waals surface area contributed by atoms with Gasteiger partial charge in [-0.15, -0.1) is 0 Å². The number of nitrogens with zero attached hydrogens (tertiary/aromatic N) is 2. The molecule has 1 aromatic heterocycles. The summed E-state index contributed by atoms with van der Waals surface area (Å²) >= 11 is 0. The van der Waals surface area contributed by atoms with Gasteiger partial charge in [0, 0.05) is 6.20 Å². The molecule has 1 fully saturated rings. The standard InChI is InChI=1S/C13H21N3/c1-11(12-7-3-5-9-14-12)16(2)13-8-4-6-10-15-13/h3,5,7,9,11,13,15H,4,6,8,10H2,1-2H3/t11-,13-/m1/s1. The average Bonchev–Trinajstić information content (AvgIpc) is 2.39. The lowest BCUT2D eigenvalue weighted by molar-refractivity contribution is 0.126. The van der Waals surface area contributed by atoms with Crippen LogP contribution in [0.4, 0.5) is 0 Å². The molecule has 0 aromatic carbocycles. The molecule has 0 saturated carbocycles. The van der Waals surface area contributed by atoms with E-state index in [1.165, 1.54) is 19.3 Å². The summed E-state index contributed by atoms with van der Waals surface area (Å²) in [7, 11) is 2.18. The number of aromatic nitrogens is 1. The Balaban J connectivity index is 2.00. The van der Waals surface area contributed by atoms with Crippen LogP contribution in [0.2, 0.25) is 0 Å².